The fourth-order valence-electron chi connectivity index (χ4n) is 1.48. The van der Waals surface area contributed by atoms with Gasteiger partial charge in [0.2, 0.25) is 0 Å². The van der Waals surface area contributed by atoms with E-state index in [0.717, 1.165) is 5.92 Å². The van der Waals surface area contributed by atoms with Crippen LogP contribution in [0.2, 0.25) is 0 Å². The van der Waals surface area contributed by atoms with Gasteiger partial charge in [0.25, 0.3) is 0 Å². The monoisotopic (exact) mass is 128 g/mol. The molecule has 0 heterocycles. The highest BCUT2D eigenvalue weighted by molar-refractivity contribution is 4.87. The highest BCUT2D eigenvalue weighted by Crippen LogP contribution is 2.40. The van der Waals surface area contributed by atoms with Crippen molar-refractivity contribution in [3.63, 3.8) is 0 Å². The van der Waals surface area contributed by atoms with E-state index in [9.17, 15) is 5.11 Å². The van der Waals surface area contributed by atoms with Crippen molar-refractivity contribution in [3.05, 3.63) is 0 Å². The van der Waals surface area contributed by atoms with E-state index in [1.807, 2.05) is 13.8 Å². The summed E-state index contributed by atoms with van der Waals surface area (Å²) in [7, 11) is 0. The number of hydrogen-bond acceptors (Lipinski definition) is 1. The molecule has 0 unspecified atom stereocenters. The Bertz CT molecular complexity index is 95.6. The Morgan fingerprint density at radius 2 is 1.78 bits per heavy atom. The summed E-state index contributed by atoms with van der Waals surface area (Å²) in [6.07, 6.45) is 2.42. The highest BCUT2D eigenvalue weighted by Gasteiger charge is 2.36. The van der Waals surface area contributed by atoms with E-state index < -0.39 is 5.60 Å². The molecule has 1 aliphatic rings. The van der Waals surface area contributed by atoms with Crippen LogP contribution in [0.1, 0.15) is 33.6 Å². The molecular formula is C8H16O. The Labute approximate surface area is 57.1 Å². The summed E-state index contributed by atoms with van der Waals surface area (Å²) in [6, 6.07) is 0. The second-order valence-electron chi connectivity index (χ2n) is 3.93. The Kier molecular flexibility index (Phi) is 1.55. The first kappa shape index (κ1) is 7.07. The molecule has 0 aliphatic heterocycles. The zero-order valence-corrected chi connectivity index (χ0v) is 6.52. The first-order chi connectivity index (χ1) is 4.00. The third kappa shape index (κ3) is 1.45. The minimum Gasteiger partial charge on any atom is -0.390 e. The molecule has 1 aliphatic carbocycles. The van der Waals surface area contributed by atoms with Crippen LogP contribution in [0.5, 0.6) is 0 Å². The molecule has 0 atom stereocenters. The van der Waals surface area contributed by atoms with Crippen LogP contribution in [0.15, 0.2) is 0 Å². The molecule has 0 aromatic heterocycles. The molecule has 1 N–H and O–H groups in total. The third-order valence-corrected chi connectivity index (χ3v) is 2.37. The maximum absolute atomic E-state index is 9.46. The Hall–Kier alpha value is -0.0400. The van der Waals surface area contributed by atoms with Crippen molar-refractivity contribution in [2.75, 3.05) is 0 Å². The van der Waals surface area contributed by atoms with Gasteiger partial charge >= 0.3 is 0 Å². The van der Waals surface area contributed by atoms with Crippen LogP contribution in [0.3, 0.4) is 0 Å². The fraction of sp³-hybridized carbons (Fsp3) is 1.00. The highest BCUT2D eigenvalue weighted by atomic mass is 16.3. The smallest absolute Gasteiger partial charge is 0.0620 e. The minimum absolute atomic E-state index is 0.424. The molecule has 54 valence electrons. The van der Waals surface area contributed by atoms with E-state index >= 15 is 0 Å². The van der Waals surface area contributed by atoms with E-state index in [1.54, 1.807) is 0 Å². The lowest BCUT2D eigenvalue weighted by atomic mass is 9.68. The molecule has 1 fully saturated rings. The quantitative estimate of drug-likeness (QED) is 0.571. The number of aliphatic hydroxyl groups is 1. The molecule has 0 aromatic carbocycles. The molecule has 0 saturated heterocycles. The zero-order valence-electron chi connectivity index (χ0n) is 6.52. The van der Waals surface area contributed by atoms with Crippen LogP contribution < -0.4 is 0 Å². The lowest BCUT2D eigenvalue weighted by molar-refractivity contribution is -0.0389. The van der Waals surface area contributed by atoms with E-state index in [-0.39, 0.29) is 0 Å². The van der Waals surface area contributed by atoms with Gasteiger partial charge in [-0.05, 0) is 38.5 Å². The van der Waals surface area contributed by atoms with Gasteiger partial charge in [-0.1, -0.05) is 6.92 Å². The van der Waals surface area contributed by atoms with Crippen molar-refractivity contribution in [2.24, 2.45) is 11.8 Å². The average molecular weight is 128 g/mol. The molecule has 0 aromatic rings. The van der Waals surface area contributed by atoms with Crippen LogP contribution in [-0.2, 0) is 0 Å². The molecule has 0 bridgehead atoms. The van der Waals surface area contributed by atoms with Gasteiger partial charge in [-0.3, -0.25) is 0 Å². The summed E-state index contributed by atoms with van der Waals surface area (Å²) in [5.41, 5.74) is -0.424. The van der Waals surface area contributed by atoms with Crippen LogP contribution in [0.4, 0.5) is 0 Å². The first-order valence-corrected chi connectivity index (χ1v) is 3.72. The predicted octanol–water partition coefficient (Wildman–Crippen LogP) is 1.80. The summed E-state index contributed by atoms with van der Waals surface area (Å²) >= 11 is 0. The van der Waals surface area contributed by atoms with Gasteiger partial charge < -0.3 is 5.11 Å². The Balaban J connectivity index is 2.32. The number of hydrogen-bond donors (Lipinski definition) is 1. The van der Waals surface area contributed by atoms with Gasteiger partial charge in [-0.25, -0.2) is 0 Å². The lowest BCUT2D eigenvalue weighted by Gasteiger charge is -2.40. The SMILES string of the molecule is CC1CC(C(C)(C)O)C1. The maximum atomic E-state index is 9.46. The average Bonchev–Trinajstić information content (AvgIpc) is 1.55. The Morgan fingerprint density at radius 1 is 1.33 bits per heavy atom. The Morgan fingerprint density at radius 3 is 1.89 bits per heavy atom. The van der Waals surface area contributed by atoms with Gasteiger partial charge in [-0.15, -0.1) is 0 Å². The minimum atomic E-state index is -0.424. The zero-order chi connectivity index (χ0) is 7.07. The van der Waals surface area contributed by atoms with Crippen LogP contribution in [0, 0.1) is 11.8 Å². The molecule has 1 nitrogen and oxygen atoms in total. The standard InChI is InChI=1S/C8H16O/c1-6-4-7(5-6)8(2,3)9/h6-7,9H,4-5H2,1-3H3. The van der Waals surface area contributed by atoms with E-state index in [4.69, 9.17) is 0 Å². The van der Waals surface area contributed by atoms with Gasteiger partial charge in [0.1, 0.15) is 0 Å². The van der Waals surface area contributed by atoms with Crippen molar-refractivity contribution < 1.29 is 5.11 Å². The molecule has 1 heteroatoms. The summed E-state index contributed by atoms with van der Waals surface area (Å²) in [4.78, 5) is 0. The second kappa shape index (κ2) is 1.98. The molecule has 0 spiro atoms. The van der Waals surface area contributed by atoms with Crippen LogP contribution >= 0.6 is 0 Å². The van der Waals surface area contributed by atoms with Crippen molar-refractivity contribution in [1.29, 1.82) is 0 Å². The molecule has 0 radical (unpaired) electrons. The van der Waals surface area contributed by atoms with Crippen molar-refractivity contribution in [3.8, 4) is 0 Å². The van der Waals surface area contributed by atoms with Crippen molar-refractivity contribution in [2.45, 2.75) is 39.2 Å². The van der Waals surface area contributed by atoms with Crippen LogP contribution in [0.25, 0.3) is 0 Å². The normalized spacial score (nSPS) is 36.0. The van der Waals surface area contributed by atoms with Crippen LogP contribution in [-0.4, -0.2) is 10.7 Å². The van der Waals surface area contributed by atoms with Crippen molar-refractivity contribution in [1.82, 2.24) is 0 Å². The predicted molar refractivity (Wildman–Crippen MR) is 38.2 cm³/mol. The number of rotatable bonds is 1. The van der Waals surface area contributed by atoms with Gasteiger partial charge in [0, 0.05) is 0 Å². The largest absolute Gasteiger partial charge is 0.390 e. The molecular weight excluding hydrogens is 112 g/mol. The summed E-state index contributed by atoms with van der Waals surface area (Å²) in [6.45, 7) is 6.05. The second-order valence-corrected chi connectivity index (χ2v) is 3.93. The van der Waals surface area contributed by atoms with Crippen molar-refractivity contribution >= 4 is 0 Å². The first-order valence-electron chi connectivity index (χ1n) is 3.72. The molecule has 9 heavy (non-hydrogen) atoms. The van der Waals surface area contributed by atoms with E-state index in [2.05, 4.69) is 6.92 Å². The lowest BCUT2D eigenvalue weighted by Crippen LogP contribution is -2.39. The molecule has 1 rings (SSSR count). The summed E-state index contributed by atoms with van der Waals surface area (Å²) in [5, 5.41) is 9.46. The summed E-state index contributed by atoms with van der Waals surface area (Å²) in [5.74, 6) is 1.41. The third-order valence-electron chi connectivity index (χ3n) is 2.37. The molecule has 0 amide bonds. The topological polar surface area (TPSA) is 20.2 Å². The molecule has 1 saturated carbocycles. The maximum Gasteiger partial charge on any atom is 0.0620 e. The van der Waals surface area contributed by atoms with E-state index in [0.29, 0.717) is 5.92 Å². The van der Waals surface area contributed by atoms with Gasteiger partial charge in [0.15, 0.2) is 0 Å². The van der Waals surface area contributed by atoms with Gasteiger partial charge in [-0.2, -0.15) is 0 Å². The summed E-state index contributed by atoms with van der Waals surface area (Å²) < 4.78 is 0. The fourth-order valence-corrected chi connectivity index (χ4v) is 1.48. The van der Waals surface area contributed by atoms with Gasteiger partial charge in [0.05, 0.1) is 5.60 Å². The van der Waals surface area contributed by atoms with E-state index in [1.165, 1.54) is 12.8 Å².